The second-order valence-corrected chi connectivity index (χ2v) is 6.83. The van der Waals surface area contributed by atoms with Crippen LogP contribution in [0.4, 0.5) is 5.69 Å². The summed E-state index contributed by atoms with van der Waals surface area (Å²) in [5.41, 5.74) is 0.0395. The summed E-state index contributed by atoms with van der Waals surface area (Å²) in [5.74, 6) is -1.81. The van der Waals surface area contributed by atoms with Gasteiger partial charge < -0.3 is 15.2 Å². The van der Waals surface area contributed by atoms with Crippen molar-refractivity contribution in [3.63, 3.8) is 0 Å². The standard InChI is InChI=1S/C13H12Cl4N2O6/c14-10(15)12(21)18-8(5-25-13(22)11(16)17)9(20)6-1-3-7(4-2-6)19(23)24/h1-4,8-11,20H,5H2,(H,18,21)/t8-,9-/m1/s1. The summed E-state index contributed by atoms with van der Waals surface area (Å²) in [6, 6.07) is 3.76. The zero-order valence-electron chi connectivity index (χ0n) is 12.3. The molecule has 0 saturated carbocycles. The molecule has 1 amide bonds. The van der Waals surface area contributed by atoms with Crippen LogP contribution in [0, 0.1) is 10.1 Å². The molecule has 0 radical (unpaired) electrons. The summed E-state index contributed by atoms with van der Waals surface area (Å²) in [5, 5.41) is 23.3. The molecule has 25 heavy (non-hydrogen) atoms. The molecule has 2 atom stereocenters. The first-order chi connectivity index (χ1) is 11.6. The molecule has 138 valence electrons. The van der Waals surface area contributed by atoms with Crippen molar-refractivity contribution in [2.24, 2.45) is 0 Å². The predicted octanol–water partition coefficient (Wildman–Crippen LogP) is 2.26. The first-order valence-electron chi connectivity index (χ1n) is 6.59. The number of rotatable bonds is 8. The highest BCUT2D eigenvalue weighted by molar-refractivity contribution is 6.53. The molecule has 0 aromatic heterocycles. The van der Waals surface area contributed by atoms with Crippen molar-refractivity contribution >= 4 is 64.0 Å². The van der Waals surface area contributed by atoms with Gasteiger partial charge >= 0.3 is 5.97 Å². The first-order valence-corrected chi connectivity index (χ1v) is 8.33. The Morgan fingerprint density at radius 3 is 2.16 bits per heavy atom. The Kier molecular flexibility index (Phi) is 8.67. The molecule has 2 N–H and O–H groups in total. The van der Waals surface area contributed by atoms with Gasteiger partial charge in [0.2, 0.25) is 4.84 Å². The van der Waals surface area contributed by atoms with Crippen molar-refractivity contribution in [1.82, 2.24) is 5.32 Å². The Labute approximate surface area is 162 Å². The van der Waals surface area contributed by atoms with Gasteiger partial charge in [0.1, 0.15) is 12.7 Å². The molecule has 0 aliphatic heterocycles. The number of halogens is 4. The number of hydrogen-bond donors (Lipinski definition) is 2. The number of carbonyl (C=O) groups is 2. The summed E-state index contributed by atoms with van der Waals surface area (Å²) in [6.07, 6.45) is -1.38. The van der Waals surface area contributed by atoms with E-state index in [-0.39, 0.29) is 11.3 Å². The van der Waals surface area contributed by atoms with Gasteiger partial charge in [-0.25, -0.2) is 4.79 Å². The summed E-state index contributed by atoms with van der Waals surface area (Å²) in [7, 11) is 0. The number of alkyl halides is 4. The molecule has 8 nitrogen and oxygen atoms in total. The van der Waals surface area contributed by atoms with E-state index in [1.165, 1.54) is 24.3 Å². The molecular weight excluding hydrogens is 422 g/mol. The second-order valence-electron chi connectivity index (χ2n) is 4.64. The van der Waals surface area contributed by atoms with E-state index in [0.29, 0.717) is 0 Å². The van der Waals surface area contributed by atoms with Crippen LogP contribution in [0.3, 0.4) is 0 Å². The number of nitrogens with one attached hydrogen (secondary N) is 1. The number of nitro groups is 1. The van der Waals surface area contributed by atoms with Gasteiger partial charge in [0, 0.05) is 12.1 Å². The monoisotopic (exact) mass is 432 g/mol. The molecule has 1 aromatic rings. The zero-order valence-corrected chi connectivity index (χ0v) is 15.3. The van der Waals surface area contributed by atoms with Crippen molar-refractivity contribution < 1.29 is 24.4 Å². The van der Waals surface area contributed by atoms with E-state index in [2.05, 4.69) is 5.32 Å². The minimum absolute atomic E-state index is 0.184. The molecule has 1 aromatic carbocycles. The second kappa shape index (κ2) is 9.98. The summed E-state index contributed by atoms with van der Waals surface area (Å²) >= 11 is 21.6. The number of aliphatic hydroxyl groups excluding tert-OH is 1. The van der Waals surface area contributed by atoms with Gasteiger partial charge in [-0.2, -0.15) is 0 Å². The van der Waals surface area contributed by atoms with Gasteiger partial charge in [0.25, 0.3) is 11.6 Å². The summed E-state index contributed by atoms with van der Waals surface area (Å²) in [4.78, 5) is 30.2. The number of hydrogen-bond acceptors (Lipinski definition) is 6. The fourth-order valence-electron chi connectivity index (χ4n) is 1.72. The smallest absolute Gasteiger partial charge is 0.339 e. The van der Waals surface area contributed by atoms with Gasteiger partial charge in [-0.05, 0) is 17.7 Å². The minimum atomic E-state index is -1.44. The largest absolute Gasteiger partial charge is 0.461 e. The maximum Gasteiger partial charge on any atom is 0.339 e. The Morgan fingerprint density at radius 1 is 1.16 bits per heavy atom. The van der Waals surface area contributed by atoms with E-state index in [1.54, 1.807) is 0 Å². The molecular formula is C13H12Cl4N2O6. The third kappa shape index (κ3) is 6.83. The summed E-state index contributed by atoms with van der Waals surface area (Å²) in [6.45, 7) is -0.487. The highest BCUT2D eigenvalue weighted by Gasteiger charge is 2.27. The first kappa shape index (κ1) is 21.7. The van der Waals surface area contributed by atoms with Crippen LogP contribution in [0.15, 0.2) is 24.3 Å². The molecule has 0 spiro atoms. The van der Waals surface area contributed by atoms with Crippen LogP contribution in [0.5, 0.6) is 0 Å². The average molecular weight is 434 g/mol. The van der Waals surface area contributed by atoms with E-state index in [1.807, 2.05) is 0 Å². The van der Waals surface area contributed by atoms with Gasteiger partial charge in [-0.3, -0.25) is 14.9 Å². The molecule has 12 heteroatoms. The molecule has 0 saturated heterocycles. The van der Waals surface area contributed by atoms with Crippen LogP contribution >= 0.6 is 46.4 Å². The van der Waals surface area contributed by atoms with Crippen LogP contribution in [-0.4, -0.2) is 44.2 Å². The normalized spacial score (nSPS) is 13.4. The number of benzene rings is 1. The highest BCUT2D eigenvalue weighted by atomic mass is 35.5. The fraction of sp³-hybridized carbons (Fsp3) is 0.385. The average Bonchev–Trinajstić information content (AvgIpc) is 2.57. The van der Waals surface area contributed by atoms with Crippen molar-refractivity contribution in [2.45, 2.75) is 21.8 Å². The van der Waals surface area contributed by atoms with Gasteiger partial charge in [-0.15, -0.1) is 0 Å². The van der Waals surface area contributed by atoms with E-state index < -0.39 is 45.2 Å². The molecule has 0 heterocycles. The van der Waals surface area contributed by atoms with E-state index in [9.17, 15) is 24.8 Å². The third-order valence-corrected chi connectivity index (χ3v) is 3.69. The van der Waals surface area contributed by atoms with E-state index in [4.69, 9.17) is 51.1 Å². The maximum absolute atomic E-state index is 11.6. The van der Waals surface area contributed by atoms with Crippen molar-refractivity contribution in [2.75, 3.05) is 6.61 Å². The van der Waals surface area contributed by atoms with Crippen molar-refractivity contribution in [3.05, 3.63) is 39.9 Å². The quantitative estimate of drug-likeness (QED) is 0.281. The molecule has 1 rings (SSSR count). The number of aliphatic hydroxyl groups is 1. The lowest BCUT2D eigenvalue weighted by atomic mass is 10.0. The number of nitrogens with zero attached hydrogens (tertiary/aromatic N) is 1. The maximum atomic E-state index is 11.6. The van der Waals surface area contributed by atoms with Crippen LogP contribution in [0.25, 0.3) is 0 Å². The molecule has 0 unspecified atom stereocenters. The van der Waals surface area contributed by atoms with Crippen molar-refractivity contribution in [1.29, 1.82) is 0 Å². The van der Waals surface area contributed by atoms with Crippen molar-refractivity contribution in [3.8, 4) is 0 Å². The van der Waals surface area contributed by atoms with Crippen LogP contribution in [0.2, 0.25) is 0 Å². The lowest BCUT2D eigenvalue weighted by molar-refractivity contribution is -0.384. The fourth-order valence-corrected chi connectivity index (χ4v) is 1.97. The van der Waals surface area contributed by atoms with Gasteiger partial charge in [-0.1, -0.05) is 46.4 Å². The number of carbonyl (C=O) groups excluding carboxylic acids is 2. The number of ether oxygens (including phenoxy) is 1. The lowest BCUT2D eigenvalue weighted by Crippen LogP contribution is -2.45. The van der Waals surface area contributed by atoms with E-state index in [0.717, 1.165) is 0 Å². The highest BCUT2D eigenvalue weighted by Crippen LogP contribution is 2.21. The number of non-ortho nitro benzene ring substituents is 1. The SMILES string of the molecule is O=C(N[C@H](COC(=O)C(Cl)Cl)[C@H](O)c1ccc([N+](=O)[O-])cc1)C(Cl)Cl. The number of amides is 1. The third-order valence-electron chi connectivity index (χ3n) is 2.94. The molecule has 0 fully saturated rings. The Balaban J connectivity index is 2.93. The topological polar surface area (TPSA) is 119 Å². The van der Waals surface area contributed by atoms with Gasteiger partial charge in [0.05, 0.1) is 11.0 Å². The summed E-state index contributed by atoms with van der Waals surface area (Å²) < 4.78 is 4.78. The predicted molar refractivity (Wildman–Crippen MR) is 91.9 cm³/mol. The Hall–Kier alpha value is -1.32. The molecule has 0 aliphatic carbocycles. The van der Waals surface area contributed by atoms with Crippen LogP contribution in [0.1, 0.15) is 11.7 Å². The van der Waals surface area contributed by atoms with E-state index >= 15 is 0 Å². The molecule has 0 aliphatic rings. The molecule has 0 bridgehead atoms. The minimum Gasteiger partial charge on any atom is -0.461 e. The van der Waals surface area contributed by atoms with Crippen LogP contribution < -0.4 is 5.32 Å². The Morgan fingerprint density at radius 2 is 1.72 bits per heavy atom. The zero-order chi connectivity index (χ0) is 19.1. The van der Waals surface area contributed by atoms with Gasteiger partial charge in [0.15, 0.2) is 4.84 Å². The number of nitro benzene ring substituents is 1. The Bertz CT molecular complexity index is 625. The lowest BCUT2D eigenvalue weighted by Gasteiger charge is -2.24. The number of esters is 1. The van der Waals surface area contributed by atoms with Crippen LogP contribution in [-0.2, 0) is 14.3 Å².